The molecular weight excluding hydrogens is 276 g/mol. The predicted octanol–water partition coefficient (Wildman–Crippen LogP) is 2.20. The van der Waals surface area contributed by atoms with Gasteiger partial charge in [0.1, 0.15) is 12.7 Å². The van der Waals surface area contributed by atoms with Crippen molar-refractivity contribution < 1.29 is 0 Å². The number of nitrogens with zero attached hydrogens (tertiary/aromatic N) is 5. The van der Waals surface area contributed by atoms with Crippen molar-refractivity contribution in [2.45, 2.75) is 32.5 Å². The van der Waals surface area contributed by atoms with Crippen LogP contribution in [0.5, 0.6) is 0 Å². The Balaban J connectivity index is 1.57. The summed E-state index contributed by atoms with van der Waals surface area (Å²) in [7, 11) is 0. The number of benzene rings is 1. The van der Waals surface area contributed by atoms with Crippen molar-refractivity contribution in [2.75, 3.05) is 0 Å². The van der Waals surface area contributed by atoms with Gasteiger partial charge < -0.3 is 5.32 Å². The Hall–Kier alpha value is -2.47. The topological polar surface area (TPSA) is 60.6 Å². The third-order valence-electron chi connectivity index (χ3n) is 3.91. The molecule has 6 nitrogen and oxygen atoms in total. The average molecular weight is 296 g/mol. The summed E-state index contributed by atoms with van der Waals surface area (Å²) in [5, 5.41) is 12.0. The zero-order valence-corrected chi connectivity index (χ0v) is 12.8. The summed E-state index contributed by atoms with van der Waals surface area (Å²) in [6.45, 7) is 5.17. The van der Waals surface area contributed by atoms with Gasteiger partial charge in [-0.15, -0.1) is 0 Å². The van der Waals surface area contributed by atoms with Crippen LogP contribution in [0, 0.1) is 0 Å². The zero-order chi connectivity index (χ0) is 15.4. The smallest absolute Gasteiger partial charge is 0.138 e. The van der Waals surface area contributed by atoms with Crippen molar-refractivity contribution in [2.24, 2.45) is 0 Å². The van der Waals surface area contributed by atoms with E-state index in [2.05, 4.69) is 46.5 Å². The van der Waals surface area contributed by atoms with Gasteiger partial charge in [-0.25, -0.2) is 9.67 Å². The van der Waals surface area contributed by atoms with Gasteiger partial charge in [-0.2, -0.15) is 10.2 Å². The van der Waals surface area contributed by atoms with Gasteiger partial charge in [-0.3, -0.25) is 4.68 Å². The average Bonchev–Trinajstić information content (AvgIpc) is 3.25. The lowest BCUT2D eigenvalue weighted by atomic mass is 10.1. The molecule has 0 unspecified atom stereocenters. The summed E-state index contributed by atoms with van der Waals surface area (Å²) in [4.78, 5) is 3.96. The summed E-state index contributed by atoms with van der Waals surface area (Å²) >= 11 is 0. The molecule has 1 N–H and O–H groups in total. The van der Waals surface area contributed by atoms with E-state index in [1.807, 2.05) is 35.3 Å². The SMILES string of the molecule is C[C@@H](NCc1ccc(-n2cncn2)cc1)[C@H](C)n1cccn1. The molecule has 0 saturated heterocycles. The number of hydrogen-bond donors (Lipinski definition) is 1. The van der Waals surface area contributed by atoms with E-state index in [-0.39, 0.29) is 0 Å². The monoisotopic (exact) mass is 296 g/mol. The van der Waals surface area contributed by atoms with Gasteiger partial charge in [0.05, 0.1) is 11.7 Å². The highest BCUT2D eigenvalue weighted by Crippen LogP contribution is 2.11. The Morgan fingerprint density at radius 2 is 1.95 bits per heavy atom. The van der Waals surface area contributed by atoms with E-state index < -0.39 is 0 Å². The molecule has 0 radical (unpaired) electrons. The summed E-state index contributed by atoms with van der Waals surface area (Å²) in [5.74, 6) is 0. The molecule has 0 aliphatic heterocycles. The number of hydrogen-bond acceptors (Lipinski definition) is 4. The van der Waals surface area contributed by atoms with Crippen LogP contribution in [0.25, 0.3) is 5.69 Å². The first-order chi connectivity index (χ1) is 10.7. The molecule has 0 saturated carbocycles. The first-order valence-electron chi connectivity index (χ1n) is 7.40. The molecule has 0 amide bonds. The van der Waals surface area contributed by atoms with Crippen molar-refractivity contribution >= 4 is 0 Å². The lowest BCUT2D eigenvalue weighted by molar-refractivity contribution is 0.365. The normalized spacial score (nSPS) is 13.9. The van der Waals surface area contributed by atoms with Crippen LogP contribution in [0.3, 0.4) is 0 Å². The van der Waals surface area contributed by atoms with E-state index in [1.54, 1.807) is 11.0 Å². The molecule has 0 aliphatic carbocycles. The minimum absolute atomic E-state index is 0.310. The van der Waals surface area contributed by atoms with Crippen molar-refractivity contribution in [3.63, 3.8) is 0 Å². The third-order valence-corrected chi connectivity index (χ3v) is 3.91. The molecule has 0 fully saturated rings. The van der Waals surface area contributed by atoms with Crippen LogP contribution in [-0.4, -0.2) is 30.6 Å². The quantitative estimate of drug-likeness (QED) is 0.757. The molecule has 6 heteroatoms. The Labute approximate surface area is 129 Å². The Morgan fingerprint density at radius 1 is 1.14 bits per heavy atom. The number of nitrogens with one attached hydrogen (secondary N) is 1. The maximum Gasteiger partial charge on any atom is 0.138 e. The molecule has 0 bridgehead atoms. The molecular formula is C16H20N6. The van der Waals surface area contributed by atoms with E-state index >= 15 is 0 Å². The third kappa shape index (κ3) is 3.23. The van der Waals surface area contributed by atoms with Crippen LogP contribution in [0.2, 0.25) is 0 Å². The number of aromatic nitrogens is 5. The summed E-state index contributed by atoms with van der Waals surface area (Å²) < 4.78 is 3.73. The van der Waals surface area contributed by atoms with Crippen molar-refractivity contribution in [1.29, 1.82) is 0 Å². The second-order valence-electron chi connectivity index (χ2n) is 5.40. The maximum absolute atomic E-state index is 4.29. The van der Waals surface area contributed by atoms with Crippen LogP contribution in [0.1, 0.15) is 25.5 Å². The second-order valence-corrected chi connectivity index (χ2v) is 5.40. The van der Waals surface area contributed by atoms with E-state index in [9.17, 15) is 0 Å². The summed E-state index contributed by atoms with van der Waals surface area (Å²) in [6, 6.07) is 10.9. The van der Waals surface area contributed by atoms with E-state index in [0.717, 1.165) is 12.2 Å². The lowest BCUT2D eigenvalue weighted by Gasteiger charge is -2.22. The van der Waals surface area contributed by atoms with Crippen molar-refractivity contribution in [1.82, 2.24) is 29.9 Å². The van der Waals surface area contributed by atoms with Crippen LogP contribution in [0.4, 0.5) is 0 Å². The lowest BCUT2D eigenvalue weighted by Crippen LogP contribution is -2.33. The van der Waals surface area contributed by atoms with Gasteiger partial charge in [-0.05, 0) is 37.6 Å². The largest absolute Gasteiger partial charge is 0.308 e. The fourth-order valence-electron chi connectivity index (χ4n) is 2.31. The highest BCUT2D eigenvalue weighted by atomic mass is 15.3. The first-order valence-corrected chi connectivity index (χ1v) is 7.40. The van der Waals surface area contributed by atoms with Gasteiger partial charge >= 0.3 is 0 Å². The van der Waals surface area contributed by atoms with Crippen LogP contribution in [0.15, 0.2) is 55.4 Å². The molecule has 22 heavy (non-hydrogen) atoms. The molecule has 2 atom stereocenters. The molecule has 3 aromatic rings. The fourth-order valence-corrected chi connectivity index (χ4v) is 2.31. The van der Waals surface area contributed by atoms with Gasteiger partial charge in [0, 0.05) is 25.0 Å². The predicted molar refractivity (Wildman–Crippen MR) is 84.6 cm³/mol. The Bertz CT molecular complexity index is 672. The molecule has 0 spiro atoms. The van der Waals surface area contributed by atoms with Gasteiger partial charge in [-0.1, -0.05) is 12.1 Å². The zero-order valence-electron chi connectivity index (χ0n) is 12.8. The van der Waals surface area contributed by atoms with E-state index in [1.165, 1.54) is 11.9 Å². The van der Waals surface area contributed by atoms with E-state index in [0.29, 0.717) is 12.1 Å². The Morgan fingerprint density at radius 3 is 2.59 bits per heavy atom. The second kappa shape index (κ2) is 6.53. The molecule has 114 valence electrons. The number of rotatable bonds is 6. The van der Waals surface area contributed by atoms with Gasteiger partial charge in [0.15, 0.2) is 0 Å². The highest BCUT2D eigenvalue weighted by molar-refractivity contribution is 5.33. The Kier molecular flexibility index (Phi) is 4.29. The van der Waals surface area contributed by atoms with Crippen LogP contribution in [-0.2, 0) is 6.54 Å². The first kappa shape index (κ1) is 14.5. The van der Waals surface area contributed by atoms with Crippen molar-refractivity contribution in [3.8, 4) is 5.69 Å². The molecule has 0 aliphatic rings. The van der Waals surface area contributed by atoms with Gasteiger partial charge in [0.25, 0.3) is 0 Å². The highest BCUT2D eigenvalue weighted by Gasteiger charge is 2.13. The fraction of sp³-hybridized carbons (Fsp3) is 0.312. The standard InChI is InChI=1S/C16H20N6/c1-13(14(2)21-9-3-8-19-21)18-10-15-4-6-16(7-5-15)22-12-17-11-20-22/h3-9,11-14,18H,10H2,1-2H3/t13-,14+/m1/s1. The van der Waals surface area contributed by atoms with Crippen LogP contribution < -0.4 is 5.32 Å². The van der Waals surface area contributed by atoms with Crippen molar-refractivity contribution in [3.05, 3.63) is 60.9 Å². The van der Waals surface area contributed by atoms with Gasteiger partial charge in [0.2, 0.25) is 0 Å². The minimum Gasteiger partial charge on any atom is -0.308 e. The molecule has 1 aromatic carbocycles. The summed E-state index contributed by atoms with van der Waals surface area (Å²) in [5.41, 5.74) is 2.25. The molecule has 3 rings (SSSR count). The molecule has 2 heterocycles. The van der Waals surface area contributed by atoms with Crippen LogP contribution >= 0.6 is 0 Å². The minimum atomic E-state index is 0.310. The summed E-state index contributed by atoms with van der Waals surface area (Å²) in [6.07, 6.45) is 7.04. The molecule has 2 aromatic heterocycles. The maximum atomic E-state index is 4.29. The van der Waals surface area contributed by atoms with E-state index in [4.69, 9.17) is 0 Å².